The van der Waals surface area contributed by atoms with Crippen molar-refractivity contribution in [2.45, 2.75) is 0 Å². The topological polar surface area (TPSA) is 101 Å². The molecular formula is C30H38N6O5. The number of carbonyl (C=O) groups excluding carboxylic acids is 2. The molecule has 218 valence electrons. The molecule has 3 aromatic rings. The molecule has 4 rings (SSSR count). The standard InChI is InChI=1S/C30H38N6O5/c1-33(2)13-14-36(30(38)22-7-6-8-23(19-22)39-3)21-29(37)35-17-15-34(16-18-35)28-12-11-26(31-32-28)25-10-9-24(40-4)20-27(25)41-5/h6-12,19-20H,13-18,21H2,1-5H3. The summed E-state index contributed by atoms with van der Waals surface area (Å²) < 4.78 is 16.1. The van der Waals surface area contributed by atoms with Gasteiger partial charge in [0.1, 0.15) is 23.8 Å². The molecule has 0 saturated carbocycles. The zero-order valence-corrected chi connectivity index (χ0v) is 24.4. The summed E-state index contributed by atoms with van der Waals surface area (Å²) in [4.78, 5) is 34.1. The molecule has 0 N–H and O–H groups in total. The second-order valence-electron chi connectivity index (χ2n) is 9.97. The van der Waals surface area contributed by atoms with Gasteiger partial charge < -0.3 is 33.8 Å². The molecule has 11 heteroatoms. The van der Waals surface area contributed by atoms with Crippen LogP contribution in [0, 0.1) is 0 Å². The van der Waals surface area contributed by atoms with Crippen LogP contribution in [0.5, 0.6) is 17.2 Å². The predicted octanol–water partition coefficient (Wildman–Crippen LogP) is 2.52. The number of rotatable bonds is 11. The Balaban J connectivity index is 1.37. The Labute approximate surface area is 241 Å². The van der Waals surface area contributed by atoms with Crippen molar-refractivity contribution in [2.24, 2.45) is 0 Å². The summed E-state index contributed by atoms with van der Waals surface area (Å²) in [6.07, 6.45) is 0. The number of nitrogens with zero attached hydrogens (tertiary/aromatic N) is 6. The number of piperazine rings is 1. The Morgan fingerprint density at radius 1 is 0.829 bits per heavy atom. The predicted molar refractivity (Wildman–Crippen MR) is 157 cm³/mol. The largest absolute Gasteiger partial charge is 0.497 e. The number of ether oxygens (including phenoxy) is 3. The first kappa shape index (κ1) is 29.6. The minimum atomic E-state index is -0.193. The zero-order valence-electron chi connectivity index (χ0n) is 24.4. The van der Waals surface area contributed by atoms with Crippen LogP contribution >= 0.6 is 0 Å². The molecule has 1 aliphatic heterocycles. The number of carbonyl (C=O) groups is 2. The van der Waals surface area contributed by atoms with E-state index < -0.39 is 0 Å². The highest BCUT2D eigenvalue weighted by Crippen LogP contribution is 2.32. The quantitative estimate of drug-likeness (QED) is 0.349. The molecule has 1 saturated heterocycles. The highest BCUT2D eigenvalue weighted by atomic mass is 16.5. The van der Waals surface area contributed by atoms with Crippen molar-refractivity contribution < 1.29 is 23.8 Å². The highest BCUT2D eigenvalue weighted by molar-refractivity contribution is 5.97. The van der Waals surface area contributed by atoms with Crippen LogP contribution in [0.3, 0.4) is 0 Å². The third kappa shape index (κ3) is 7.43. The maximum Gasteiger partial charge on any atom is 0.254 e. The number of benzene rings is 2. The van der Waals surface area contributed by atoms with Crippen LogP contribution in [0.15, 0.2) is 54.6 Å². The average Bonchev–Trinajstić information content (AvgIpc) is 3.02. The lowest BCUT2D eigenvalue weighted by atomic mass is 10.1. The summed E-state index contributed by atoms with van der Waals surface area (Å²) in [6.45, 7) is 3.40. The molecule has 0 radical (unpaired) electrons. The molecule has 0 aliphatic carbocycles. The maximum absolute atomic E-state index is 13.3. The highest BCUT2D eigenvalue weighted by Gasteiger charge is 2.26. The number of aromatic nitrogens is 2. The van der Waals surface area contributed by atoms with Gasteiger partial charge in [-0.3, -0.25) is 9.59 Å². The monoisotopic (exact) mass is 562 g/mol. The van der Waals surface area contributed by atoms with E-state index in [1.807, 2.05) is 54.2 Å². The summed E-state index contributed by atoms with van der Waals surface area (Å²) in [6, 6.07) is 16.4. The molecule has 1 aromatic heterocycles. The fourth-order valence-electron chi connectivity index (χ4n) is 4.61. The normalized spacial score (nSPS) is 13.2. The van der Waals surface area contributed by atoms with E-state index in [2.05, 4.69) is 15.1 Å². The maximum atomic E-state index is 13.3. The SMILES string of the molecule is COc1cccc(C(=O)N(CCN(C)C)CC(=O)N2CCN(c3ccc(-c4ccc(OC)cc4OC)nn3)CC2)c1. The number of anilines is 1. The first-order chi connectivity index (χ1) is 19.8. The second kappa shape index (κ2) is 13.8. The number of hydrogen-bond acceptors (Lipinski definition) is 9. The fraction of sp³-hybridized carbons (Fsp3) is 0.400. The Hall–Kier alpha value is -4.38. The van der Waals surface area contributed by atoms with E-state index >= 15 is 0 Å². The Morgan fingerprint density at radius 2 is 1.56 bits per heavy atom. The zero-order chi connectivity index (χ0) is 29.4. The summed E-state index contributed by atoms with van der Waals surface area (Å²) >= 11 is 0. The average molecular weight is 563 g/mol. The number of amides is 2. The third-order valence-electron chi connectivity index (χ3n) is 7.04. The van der Waals surface area contributed by atoms with Crippen molar-refractivity contribution in [1.29, 1.82) is 0 Å². The fourth-order valence-corrected chi connectivity index (χ4v) is 4.61. The first-order valence-electron chi connectivity index (χ1n) is 13.5. The van der Waals surface area contributed by atoms with Gasteiger partial charge in [-0.1, -0.05) is 6.07 Å². The van der Waals surface area contributed by atoms with Gasteiger partial charge >= 0.3 is 0 Å². The molecule has 2 heterocycles. The lowest BCUT2D eigenvalue weighted by molar-refractivity contribution is -0.132. The minimum Gasteiger partial charge on any atom is -0.497 e. The van der Waals surface area contributed by atoms with Crippen LogP contribution in [0.25, 0.3) is 11.3 Å². The van der Waals surface area contributed by atoms with Crippen LogP contribution in [0.1, 0.15) is 10.4 Å². The molecule has 41 heavy (non-hydrogen) atoms. The van der Waals surface area contributed by atoms with Crippen LogP contribution in [-0.4, -0.2) is 118 Å². The molecule has 2 aromatic carbocycles. The molecule has 2 amide bonds. The third-order valence-corrected chi connectivity index (χ3v) is 7.04. The minimum absolute atomic E-state index is 0.0160. The van der Waals surface area contributed by atoms with Crippen molar-refractivity contribution in [3.05, 3.63) is 60.2 Å². The van der Waals surface area contributed by atoms with Gasteiger partial charge in [0.15, 0.2) is 5.82 Å². The smallest absolute Gasteiger partial charge is 0.254 e. The lowest BCUT2D eigenvalue weighted by Gasteiger charge is -2.36. The van der Waals surface area contributed by atoms with Crippen LogP contribution < -0.4 is 19.1 Å². The molecule has 1 aliphatic rings. The molecule has 1 fully saturated rings. The van der Waals surface area contributed by atoms with E-state index in [0.29, 0.717) is 67.8 Å². The summed E-state index contributed by atoms with van der Waals surface area (Å²) in [5.41, 5.74) is 2.01. The molecule has 0 spiro atoms. The number of methoxy groups -OCH3 is 3. The van der Waals surface area contributed by atoms with Gasteiger partial charge in [-0.25, -0.2) is 0 Å². The van der Waals surface area contributed by atoms with Crippen LogP contribution in [-0.2, 0) is 4.79 Å². The van der Waals surface area contributed by atoms with Gasteiger partial charge in [-0.15, -0.1) is 10.2 Å². The van der Waals surface area contributed by atoms with Gasteiger partial charge in [0.2, 0.25) is 5.91 Å². The molecule has 0 bridgehead atoms. The van der Waals surface area contributed by atoms with E-state index in [9.17, 15) is 9.59 Å². The van der Waals surface area contributed by atoms with E-state index in [4.69, 9.17) is 14.2 Å². The first-order valence-corrected chi connectivity index (χ1v) is 13.5. The summed E-state index contributed by atoms with van der Waals surface area (Å²) in [5.74, 6) is 2.43. The molecule has 0 unspecified atom stereocenters. The van der Waals surface area contributed by atoms with E-state index in [0.717, 1.165) is 11.4 Å². The number of likely N-dealkylation sites (N-methyl/N-ethyl adjacent to an activating group) is 1. The van der Waals surface area contributed by atoms with E-state index in [-0.39, 0.29) is 18.4 Å². The Morgan fingerprint density at radius 3 is 2.20 bits per heavy atom. The van der Waals surface area contributed by atoms with Gasteiger partial charge in [0.25, 0.3) is 5.91 Å². The number of hydrogen-bond donors (Lipinski definition) is 0. The molecular weight excluding hydrogens is 524 g/mol. The Kier molecular flexibility index (Phi) is 9.96. The van der Waals surface area contributed by atoms with Crippen molar-refractivity contribution in [2.75, 3.05) is 86.1 Å². The summed E-state index contributed by atoms with van der Waals surface area (Å²) in [7, 11) is 8.67. The van der Waals surface area contributed by atoms with Crippen molar-refractivity contribution >= 4 is 17.6 Å². The molecule has 0 atom stereocenters. The van der Waals surface area contributed by atoms with Crippen molar-refractivity contribution in [1.82, 2.24) is 24.9 Å². The van der Waals surface area contributed by atoms with Crippen LogP contribution in [0.4, 0.5) is 5.82 Å². The lowest BCUT2D eigenvalue weighted by Crippen LogP contribution is -2.52. The van der Waals surface area contributed by atoms with Crippen molar-refractivity contribution in [3.8, 4) is 28.5 Å². The van der Waals surface area contributed by atoms with Crippen molar-refractivity contribution in [3.63, 3.8) is 0 Å². The Bertz CT molecular complexity index is 1330. The van der Waals surface area contributed by atoms with Gasteiger partial charge in [-0.2, -0.15) is 0 Å². The summed E-state index contributed by atoms with van der Waals surface area (Å²) in [5, 5.41) is 8.87. The molecule has 11 nitrogen and oxygen atoms in total. The van der Waals surface area contributed by atoms with Gasteiger partial charge in [0.05, 0.1) is 27.0 Å². The van der Waals surface area contributed by atoms with Gasteiger partial charge in [0, 0.05) is 56.5 Å². The van der Waals surface area contributed by atoms with E-state index in [1.54, 1.807) is 50.5 Å². The van der Waals surface area contributed by atoms with Gasteiger partial charge in [-0.05, 0) is 56.6 Å². The second-order valence-corrected chi connectivity index (χ2v) is 9.97. The van der Waals surface area contributed by atoms with E-state index in [1.165, 1.54) is 0 Å². The van der Waals surface area contributed by atoms with Crippen LogP contribution in [0.2, 0.25) is 0 Å².